The average Bonchev–Trinajstić information content (AvgIpc) is 3.01. The van der Waals surface area contributed by atoms with E-state index >= 15 is 0 Å². The van der Waals surface area contributed by atoms with Crippen LogP contribution >= 0.6 is 0 Å². The second-order valence-corrected chi connectivity index (χ2v) is 6.52. The highest BCUT2D eigenvalue weighted by atomic mass is 19.1. The lowest BCUT2D eigenvalue weighted by atomic mass is 10.1. The van der Waals surface area contributed by atoms with Gasteiger partial charge < -0.3 is 15.5 Å². The average molecular weight is 355 g/mol. The van der Waals surface area contributed by atoms with Crippen LogP contribution < -0.4 is 15.5 Å². The summed E-state index contributed by atoms with van der Waals surface area (Å²) in [7, 11) is 0. The molecule has 1 heterocycles. The Bertz CT molecular complexity index is 838. The first-order valence-corrected chi connectivity index (χ1v) is 8.68. The first-order valence-electron chi connectivity index (χ1n) is 8.68. The maximum absolute atomic E-state index is 13.2. The van der Waals surface area contributed by atoms with Gasteiger partial charge in [0, 0.05) is 30.0 Å². The number of carbonyl (C=O) groups is 2. The molecule has 1 saturated heterocycles. The summed E-state index contributed by atoms with van der Waals surface area (Å²) in [6, 6.07) is 11.0. The fraction of sp³-hybridized carbons (Fsp3) is 0.300. The Morgan fingerprint density at radius 2 is 2.00 bits per heavy atom. The number of anilines is 3. The third-order valence-corrected chi connectivity index (χ3v) is 4.43. The fourth-order valence-corrected chi connectivity index (χ4v) is 3.08. The Balaban J connectivity index is 1.65. The normalized spacial score (nSPS) is 15.0. The summed E-state index contributed by atoms with van der Waals surface area (Å²) in [5.74, 6) is -0.505. The van der Waals surface area contributed by atoms with Gasteiger partial charge in [-0.1, -0.05) is 6.07 Å². The Labute approximate surface area is 152 Å². The molecule has 136 valence electrons. The molecule has 5 nitrogen and oxygen atoms in total. The largest absolute Gasteiger partial charge is 0.374 e. The molecule has 0 radical (unpaired) electrons. The summed E-state index contributed by atoms with van der Waals surface area (Å²) in [5, 5.41) is 5.82. The van der Waals surface area contributed by atoms with Gasteiger partial charge in [0.05, 0.1) is 0 Å². The van der Waals surface area contributed by atoms with Crippen LogP contribution in [0.5, 0.6) is 0 Å². The van der Waals surface area contributed by atoms with E-state index in [4.69, 9.17) is 0 Å². The standard InChI is InChI=1S/C20H22FN3O2/c1-13-11-17(8-9-18(13)24-10-4-7-19(24)25)22-14(2)20(26)23-16-6-3-5-15(21)12-16/h3,5-6,8-9,11-12,14,22H,4,7,10H2,1-2H3,(H,23,26)/t14-/m1/s1. The van der Waals surface area contributed by atoms with E-state index in [0.717, 1.165) is 29.9 Å². The number of halogens is 1. The molecule has 2 N–H and O–H groups in total. The van der Waals surface area contributed by atoms with Crippen LogP contribution in [0.15, 0.2) is 42.5 Å². The number of aryl methyl sites for hydroxylation is 1. The summed E-state index contributed by atoms with van der Waals surface area (Å²) in [4.78, 5) is 26.0. The van der Waals surface area contributed by atoms with Crippen molar-refractivity contribution in [3.05, 3.63) is 53.8 Å². The molecule has 0 spiro atoms. The highest BCUT2D eigenvalue weighted by molar-refractivity contribution is 5.97. The molecule has 2 aromatic rings. The first-order chi connectivity index (χ1) is 12.4. The van der Waals surface area contributed by atoms with Crippen LogP contribution in [0.3, 0.4) is 0 Å². The summed E-state index contributed by atoms with van der Waals surface area (Å²) >= 11 is 0. The molecule has 0 unspecified atom stereocenters. The molecule has 2 aromatic carbocycles. The maximum Gasteiger partial charge on any atom is 0.246 e. The fourth-order valence-electron chi connectivity index (χ4n) is 3.08. The predicted octanol–water partition coefficient (Wildman–Crippen LogP) is 3.70. The number of benzene rings is 2. The van der Waals surface area contributed by atoms with Crippen LogP contribution in [0.4, 0.5) is 21.5 Å². The molecule has 1 atom stereocenters. The highest BCUT2D eigenvalue weighted by Gasteiger charge is 2.23. The van der Waals surface area contributed by atoms with Gasteiger partial charge in [0.2, 0.25) is 11.8 Å². The number of nitrogens with zero attached hydrogens (tertiary/aromatic N) is 1. The Morgan fingerprint density at radius 1 is 1.19 bits per heavy atom. The van der Waals surface area contributed by atoms with E-state index in [0.29, 0.717) is 12.1 Å². The summed E-state index contributed by atoms with van der Waals surface area (Å²) in [5.41, 5.74) is 3.10. The minimum absolute atomic E-state index is 0.150. The van der Waals surface area contributed by atoms with Crippen LogP contribution in [0.1, 0.15) is 25.3 Å². The van der Waals surface area contributed by atoms with Crippen molar-refractivity contribution in [1.29, 1.82) is 0 Å². The van der Waals surface area contributed by atoms with E-state index in [9.17, 15) is 14.0 Å². The topological polar surface area (TPSA) is 61.4 Å². The zero-order valence-corrected chi connectivity index (χ0v) is 14.9. The van der Waals surface area contributed by atoms with E-state index in [1.165, 1.54) is 12.1 Å². The molecule has 3 rings (SSSR count). The van der Waals surface area contributed by atoms with Gasteiger partial charge in [-0.25, -0.2) is 4.39 Å². The quantitative estimate of drug-likeness (QED) is 0.860. The van der Waals surface area contributed by atoms with E-state index in [1.807, 2.05) is 25.1 Å². The number of nitrogens with one attached hydrogen (secondary N) is 2. The second kappa shape index (κ2) is 7.56. The molecule has 0 bridgehead atoms. The van der Waals surface area contributed by atoms with Crippen LogP contribution in [0.2, 0.25) is 0 Å². The van der Waals surface area contributed by atoms with Crippen molar-refractivity contribution in [1.82, 2.24) is 0 Å². The molecular weight excluding hydrogens is 333 g/mol. The molecule has 0 saturated carbocycles. The lowest BCUT2D eigenvalue weighted by Gasteiger charge is -2.20. The van der Waals surface area contributed by atoms with Crippen LogP contribution in [-0.4, -0.2) is 24.4 Å². The van der Waals surface area contributed by atoms with E-state index in [2.05, 4.69) is 10.6 Å². The van der Waals surface area contributed by atoms with E-state index < -0.39 is 11.9 Å². The van der Waals surface area contributed by atoms with Crippen molar-refractivity contribution in [2.75, 3.05) is 22.1 Å². The predicted molar refractivity (Wildman–Crippen MR) is 101 cm³/mol. The third kappa shape index (κ3) is 4.02. The van der Waals surface area contributed by atoms with Gasteiger partial charge in [-0.15, -0.1) is 0 Å². The zero-order valence-electron chi connectivity index (χ0n) is 14.9. The first kappa shape index (κ1) is 17.9. The van der Waals surface area contributed by atoms with Crippen molar-refractivity contribution in [3.8, 4) is 0 Å². The minimum Gasteiger partial charge on any atom is -0.374 e. The van der Waals surface area contributed by atoms with Crippen molar-refractivity contribution in [2.24, 2.45) is 0 Å². The van der Waals surface area contributed by atoms with Gasteiger partial charge in [0.1, 0.15) is 11.9 Å². The number of amides is 2. The summed E-state index contributed by atoms with van der Waals surface area (Å²) < 4.78 is 13.2. The van der Waals surface area contributed by atoms with Crippen molar-refractivity contribution < 1.29 is 14.0 Å². The Hall–Kier alpha value is -2.89. The Kier molecular flexibility index (Phi) is 5.21. The molecule has 0 aromatic heterocycles. The molecule has 6 heteroatoms. The summed E-state index contributed by atoms with van der Waals surface area (Å²) in [6.07, 6.45) is 1.48. The number of hydrogen-bond donors (Lipinski definition) is 2. The number of hydrogen-bond acceptors (Lipinski definition) is 3. The summed E-state index contributed by atoms with van der Waals surface area (Å²) in [6.45, 7) is 4.43. The lowest BCUT2D eigenvalue weighted by Crippen LogP contribution is -2.32. The lowest BCUT2D eigenvalue weighted by molar-refractivity contribution is -0.117. The van der Waals surface area contributed by atoms with Crippen LogP contribution in [0.25, 0.3) is 0 Å². The van der Waals surface area contributed by atoms with E-state index in [1.54, 1.807) is 24.0 Å². The maximum atomic E-state index is 13.2. The van der Waals surface area contributed by atoms with Crippen molar-refractivity contribution in [3.63, 3.8) is 0 Å². The molecule has 26 heavy (non-hydrogen) atoms. The Morgan fingerprint density at radius 3 is 2.65 bits per heavy atom. The van der Waals surface area contributed by atoms with Crippen LogP contribution in [0, 0.1) is 12.7 Å². The monoisotopic (exact) mass is 355 g/mol. The number of rotatable bonds is 5. The molecule has 1 aliphatic rings. The molecular formula is C20H22FN3O2. The molecule has 0 aliphatic carbocycles. The van der Waals surface area contributed by atoms with Crippen LogP contribution in [-0.2, 0) is 9.59 Å². The molecule has 1 aliphatic heterocycles. The smallest absolute Gasteiger partial charge is 0.246 e. The van der Waals surface area contributed by atoms with Crippen molar-refractivity contribution >= 4 is 28.9 Å². The zero-order chi connectivity index (χ0) is 18.7. The SMILES string of the molecule is Cc1cc(N[C@H](C)C(=O)Nc2cccc(F)c2)ccc1N1CCCC1=O. The van der Waals surface area contributed by atoms with Gasteiger partial charge in [0.15, 0.2) is 0 Å². The second-order valence-electron chi connectivity index (χ2n) is 6.52. The van der Waals surface area contributed by atoms with Gasteiger partial charge in [-0.2, -0.15) is 0 Å². The van der Waals surface area contributed by atoms with Gasteiger partial charge >= 0.3 is 0 Å². The van der Waals surface area contributed by atoms with Crippen molar-refractivity contribution in [2.45, 2.75) is 32.7 Å². The highest BCUT2D eigenvalue weighted by Crippen LogP contribution is 2.27. The number of carbonyl (C=O) groups excluding carboxylic acids is 2. The van der Waals surface area contributed by atoms with E-state index in [-0.39, 0.29) is 11.8 Å². The minimum atomic E-state index is -0.503. The molecule has 1 fully saturated rings. The van der Waals surface area contributed by atoms with Gasteiger partial charge in [0.25, 0.3) is 0 Å². The molecule has 2 amide bonds. The third-order valence-electron chi connectivity index (χ3n) is 4.43. The van der Waals surface area contributed by atoms with Gasteiger partial charge in [-0.05, 0) is 62.2 Å². The van der Waals surface area contributed by atoms with Gasteiger partial charge in [-0.3, -0.25) is 9.59 Å².